The zero-order chi connectivity index (χ0) is 16.9. The predicted molar refractivity (Wildman–Crippen MR) is 102 cm³/mol. The molecule has 2 aliphatic rings. The van der Waals surface area contributed by atoms with Crippen molar-refractivity contribution in [3.63, 3.8) is 0 Å². The van der Waals surface area contributed by atoms with Gasteiger partial charge >= 0.3 is 0 Å². The molecule has 1 N–H and O–H groups in total. The van der Waals surface area contributed by atoms with Crippen molar-refractivity contribution in [2.24, 2.45) is 0 Å². The van der Waals surface area contributed by atoms with Gasteiger partial charge in [-0.3, -0.25) is 9.59 Å². The average Bonchev–Trinajstić information content (AvgIpc) is 3.27. The van der Waals surface area contributed by atoms with Crippen LogP contribution >= 0.6 is 50.4 Å². The molecular formula is C15H14BrN3O2S3. The van der Waals surface area contributed by atoms with E-state index in [4.69, 9.17) is 0 Å². The van der Waals surface area contributed by atoms with E-state index in [2.05, 4.69) is 26.2 Å². The first-order valence-electron chi connectivity index (χ1n) is 7.44. The molecule has 2 atom stereocenters. The third-order valence-electron chi connectivity index (χ3n) is 4.31. The SMILES string of the molecule is C[C@@]12CCC(=O)N1[C@@H](C(=O)Nc1nc(-c3ccc(Br)s3)cs1)CS2. The molecule has 2 aromatic heterocycles. The lowest BCUT2D eigenvalue weighted by atomic mass is 10.2. The Morgan fingerprint density at radius 2 is 2.33 bits per heavy atom. The van der Waals surface area contributed by atoms with Crippen molar-refractivity contribution in [2.45, 2.75) is 30.7 Å². The number of carbonyl (C=O) groups is 2. The van der Waals surface area contributed by atoms with E-state index in [1.807, 2.05) is 24.4 Å². The van der Waals surface area contributed by atoms with Crippen molar-refractivity contribution in [2.75, 3.05) is 11.1 Å². The highest BCUT2D eigenvalue weighted by Crippen LogP contribution is 2.47. The second-order valence-corrected chi connectivity index (χ2v) is 10.7. The van der Waals surface area contributed by atoms with Gasteiger partial charge in [0.15, 0.2) is 5.13 Å². The predicted octanol–water partition coefficient (Wildman–Crippen LogP) is 4.03. The minimum atomic E-state index is -0.404. The molecular weight excluding hydrogens is 430 g/mol. The minimum Gasteiger partial charge on any atom is -0.315 e. The molecule has 0 bridgehead atoms. The molecule has 0 radical (unpaired) electrons. The Hall–Kier alpha value is -0.900. The van der Waals surface area contributed by atoms with Crippen molar-refractivity contribution >= 4 is 67.3 Å². The molecule has 2 fully saturated rings. The van der Waals surface area contributed by atoms with Crippen molar-refractivity contribution in [3.05, 3.63) is 21.3 Å². The summed E-state index contributed by atoms with van der Waals surface area (Å²) >= 11 is 8.14. The van der Waals surface area contributed by atoms with E-state index >= 15 is 0 Å². The number of fused-ring (bicyclic) bond motifs is 1. The van der Waals surface area contributed by atoms with Gasteiger partial charge < -0.3 is 10.2 Å². The van der Waals surface area contributed by atoms with Crippen molar-refractivity contribution < 1.29 is 9.59 Å². The summed E-state index contributed by atoms with van der Waals surface area (Å²) in [4.78, 5) is 31.9. The summed E-state index contributed by atoms with van der Waals surface area (Å²) in [6.07, 6.45) is 1.34. The molecule has 9 heteroatoms. The fourth-order valence-corrected chi connectivity index (χ4v) is 6.67. The third-order valence-corrected chi connectivity index (χ3v) is 8.22. The van der Waals surface area contributed by atoms with Crippen LogP contribution in [0.3, 0.4) is 0 Å². The Morgan fingerprint density at radius 1 is 1.50 bits per heavy atom. The van der Waals surface area contributed by atoms with Gasteiger partial charge in [0.1, 0.15) is 6.04 Å². The molecule has 126 valence electrons. The molecule has 2 aliphatic heterocycles. The van der Waals surface area contributed by atoms with Crippen LogP contribution in [0.1, 0.15) is 19.8 Å². The van der Waals surface area contributed by atoms with Gasteiger partial charge in [-0.2, -0.15) is 0 Å². The quantitative estimate of drug-likeness (QED) is 0.777. The Balaban J connectivity index is 1.49. The monoisotopic (exact) mass is 443 g/mol. The topological polar surface area (TPSA) is 62.3 Å². The average molecular weight is 444 g/mol. The normalized spacial score (nSPS) is 26.0. The minimum absolute atomic E-state index is 0.0749. The molecule has 4 rings (SSSR count). The molecule has 4 heterocycles. The maximum Gasteiger partial charge on any atom is 0.249 e. The lowest BCUT2D eigenvalue weighted by molar-refractivity contribution is -0.135. The number of halogens is 1. The number of carbonyl (C=O) groups excluding carboxylic acids is 2. The Bertz CT molecular complexity index is 821. The summed E-state index contributed by atoms with van der Waals surface area (Å²) in [5, 5.41) is 5.39. The second-order valence-electron chi connectivity index (χ2n) is 5.90. The molecule has 2 aromatic rings. The number of aromatic nitrogens is 1. The Kier molecular flexibility index (Phi) is 4.22. The van der Waals surface area contributed by atoms with Gasteiger partial charge in [-0.25, -0.2) is 4.98 Å². The van der Waals surface area contributed by atoms with Crippen LogP contribution in [0.5, 0.6) is 0 Å². The van der Waals surface area contributed by atoms with E-state index in [1.165, 1.54) is 11.3 Å². The standard InChI is InChI=1S/C15H14BrN3O2S3/c1-15-5-4-12(20)19(15)9(7-23-15)13(21)18-14-17-8(6-22-14)10-2-3-11(16)24-10/h2-3,6,9H,4-5,7H2,1H3,(H,17,18,21)/t9-,15-/m1/s1. The number of nitrogens with zero attached hydrogens (tertiary/aromatic N) is 2. The van der Waals surface area contributed by atoms with E-state index in [9.17, 15) is 9.59 Å². The van der Waals surface area contributed by atoms with Crippen LogP contribution in [0, 0.1) is 0 Å². The fourth-order valence-electron chi connectivity index (χ4n) is 3.10. The van der Waals surface area contributed by atoms with Crippen molar-refractivity contribution in [3.8, 4) is 10.6 Å². The van der Waals surface area contributed by atoms with E-state index in [1.54, 1.807) is 28.0 Å². The summed E-state index contributed by atoms with van der Waals surface area (Å²) in [5.41, 5.74) is 0.855. The lowest BCUT2D eigenvalue weighted by Crippen LogP contribution is -2.48. The number of thioether (sulfide) groups is 1. The first kappa shape index (κ1) is 16.6. The summed E-state index contributed by atoms with van der Waals surface area (Å²) in [7, 11) is 0. The number of thiophene rings is 1. The fraction of sp³-hybridized carbons (Fsp3) is 0.400. The summed E-state index contributed by atoms with van der Waals surface area (Å²) < 4.78 is 1.05. The number of hydrogen-bond donors (Lipinski definition) is 1. The zero-order valence-electron chi connectivity index (χ0n) is 12.7. The third kappa shape index (κ3) is 2.81. The van der Waals surface area contributed by atoms with Crippen LogP contribution in [0.25, 0.3) is 10.6 Å². The van der Waals surface area contributed by atoms with E-state index in [0.717, 1.165) is 20.8 Å². The molecule has 0 aliphatic carbocycles. The van der Waals surface area contributed by atoms with Crippen molar-refractivity contribution in [1.82, 2.24) is 9.88 Å². The lowest BCUT2D eigenvalue weighted by Gasteiger charge is -2.29. The van der Waals surface area contributed by atoms with Crippen LogP contribution in [0.2, 0.25) is 0 Å². The van der Waals surface area contributed by atoms with E-state index in [-0.39, 0.29) is 16.7 Å². The molecule has 2 amide bonds. The number of anilines is 1. The molecule has 0 spiro atoms. The van der Waals surface area contributed by atoms with E-state index in [0.29, 0.717) is 17.3 Å². The van der Waals surface area contributed by atoms with Gasteiger partial charge in [-0.1, -0.05) is 0 Å². The second kappa shape index (κ2) is 6.12. The number of nitrogens with one attached hydrogen (secondary N) is 1. The van der Waals surface area contributed by atoms with E-state index < -0.39 is 6.04 Å². The molecule has 5 nitrogen and oxygen atoms in total. The van der Waals surface area contributed by atoms with Gasteiger partial charge in [-0.05, 0) is 41.4 Å². The van der Waals surface area contributed by atoms with Gasteiger partial charge in [0.25, 0.3) is 0 Å². The summed E-state index contributed by atoms with van der Waals surface area (Å²) in [6.45, 7) is 2.05. The first-order valence-corrected chi connectivity index (χ1v) is 10.9. The van der Waals surface area contributed by atoms with Gasteiger partial charge in [0.05, 0.1) is 19.2 Å². The Labute approximate surface area is 160 Å². The summed E-state index contributed by atoms with van der Waals surface area (Å²) in [6, 6.07) is 3.57. The zero-order valence-corrected chi connectivity index (χ0v) is 16.8. The van der Waals surface area contributed by atoms with Crippen LogP contribution in [-0.4, -0.2) is 38.4 Å². The highest BCUT2D eigenvalue weighted by atomic mass is 79.9. The van der Waals surface area contributed by atoms with Crippen molar-refractivity contribution in [1.29, 1.82) is 0 Å². The Morgan fingerprint density at radius 3 is 3.08 bits per heavy atom. The molecule has 0 aromatic carbocycles. The molecule has 24 heavy (non-hydrogen) atoms. The van der Waals surface area contributed by atoms with Gasteiger partial charge in [-0.15, -0.1) is 34.4 Å². The molecule has 0 unspecified atom stereocenters. The number of hydrogen-bond acceptors (Lipinski definition) is 6. The van der Waals surface area contributed by atoms with Gasteiger partial charge in [0.2, 0.25) is 11.8 Å². The van der Waals surface area contributed by atoms with Crippen LogP contribution < -0.4 is 5.32 Å². The smallest absolute Gasteiger partial charge is 0.249 e. The molecule has 0 saturated carbocycles. The van der Waals surface area contributed by atoms with Crippen LogP contribution in [0.15, 0.2) is 21.3 Å². The highest BCUT2D eigenvalue weighted by Gasteiger charge is 2.52. The van der Waals surface area contributed by atoms with Crippen LogP contribution in [0.4, 0.5) is 5.13 Å². The maximum absolute atomic E-state index is 12.6. The van der Waals surface area contributed by atoms with Gasteiger partial charge in [0, 0.05) is 17.6 Å². The summed E-state index contributed by atoms with van der Waals surface area (Å²) in [5.74, 6) is 0.574. The number of amides is 2. The number of rotatable bonds is 3. The van der Waals surface area contributed by atoms with Crippen LogP contribution in [-0.2, 0) is 9.59 Å². The largest absolute Gasteiger partial charge is 0.315 e. The molecule has 2 saturated heterocycles. The maximum atomic E-state index is 12.6. The highest BCUT2D eigenvalue weighted by molar-refractivity contribution is 9.11. The number of thiazole rings is 1. The first-order chi connectivity index (χ1) is 11.5.